The number of rotatable bonds is 7. The lowest BCUT2D eigenvalue weighted by Crippen LogP contribution is -2.38. The van der Waals surface area contributed by atoms with Gasteiger partial charge in [-0.2, -0.15) is 0 Å². The minimum absolute atomic E-state index is 0.221. The number of hydrogen-bond donors (Lipinski definition) is 1. The van der Waals surface area contributed by atoms with E-state index in [0.29, 0.717) is 19.6 Å². The fourth-order valence-electron chi connectivity index (χ4n) is 1.04. The predicted octanol–water partition coefficient (Wildman–Crippen LogP) is 0.564. The molecule has 0 saturated heterocycles. The van der Waals surface area contributed by atoms with E-state index in [9.17, 15) is 4.79 Å². The summed E-state index contributed by atoms with van der Waals surface area (Å²) in [5, 5.41) is 3.04. The standard InChI is InChI=1S/C9H19NO3/c1-4-10-8(9(11)12-3)6-7-13-5-2/h8,10H,4-7H2,1-3H3. The molecular formula is C9H19NO3. The Hall–Kier alpha value is -0.610. The van der Waals surface area contributed by atoms with Crippen LogP contribution >= 0.6 is 0 Å². The minimum Gasteiger partial charge on any atom is -0.468 e. The van der Waals surface area contributed by atoms with E-state index in [2.05, 4.69) is 10.1 Å². The summed E-state index contributed by atoms with van der Waals surface area (Å²) in [6, 6.07) is -0.235. The molecule has 0 aliphatic carbocycles. The molecule has 0 aromatic heterocycles. The SMILES string of the molecule is CCNC(CCOCC)C(=O)OC. The smallest absolute Gasteiger partial charge is 0.322 e. The average molecular weight is 189 g/mol. The molecule has 0 aliphatic heterocycles. The van der Waals surface area contributed by atoms with Gasteiger partial charge >= 0.3 is 5.97 Å². The van der Waals surface area contributed by atoms with Crippen molar-refractivity contribution in [1.29, 1.82) is 0 Å². The molecule has 0 aromatic carbocycles. The lowest BCUT2D eigenvalue weighted by Gasteiger charge is -2.14. The van der Waals surface area contributed by atoms with Crippen molar-refractivity contribution in [2.45, 2.75) is 26.3 Å². The molecule has 0 heterocycles. The Morgan fingerprint density at radius 3 is 2.62 bits per heavy atom. The van der Waals surface area contributed by atoms with Crippen LogP contribution in [0.4, 0.5) is 0 Å². The molecule has 4 heteroatoms. The van der Waals surface area contributed by atoms with Gasteiger partial charge in [0.1, 0.15) is 6.04 Å². The fourth-order valence-corrected chi connectivity index (χ4v) is 1.04. The third-order valence-electron chi connectivity index (χ3n) is 1.69. The molecule has 0 aliphatic rings. The Labute approximate surface area is 79.6 Å². The van der Waals surface area contributed by atoms with Crippen molar-refractivity contribution in [2.75, 3.05) is 26.9 Å². The highest BCUT2D eigenvalue weighted by atomic mass is 16.5. The van der Waals surface area contributed by atoms with Gasteiger partial charge in [0, 0.05) is 13.2 Å². The van der Waals surface area contributed by atoms with Crippen molar-refractivity contribution in [2.24, 2.45) is 0 Å². The van der Waals surface area contributed by atoms with Gasteiger partial charge in [-0.15, -0.1) is 0 Å². The molecule has 0 radical (unpaired) electrons. The van der Waals surface area contributed by atoms with Crippen LogP contribution in [0, 0.1) is 0 Å². The third-order valence-corrected chi connectivity index (χ3v) is 1.69. The monoisotopic (exact) mass is 189 g/mol. The number of carbonyl (C=O) groups excluding carboxylic acids is 1. The van der Waals surface area contributed by atoms with E-state index in [1.165, 1.54) is 7.11 Å². The summed E-state index contributed by atoms with van der Waals surface area (Å²) >= 11 is 0. The van der Waals surface area contributed by atoms with E-state index in [0.717, 1.165) is 6.54 Å². The highest BCUT2D eigenvalue weighted by molar-refractivity contribution is 5.75. The van der Waals surface area contributed by atoms with Gasteiger partial charge in [0.15, 0.2) is 0 Å². The van der Waals surface area contributed by atoms with Crippen molar-refractivity contribution in [3.8, 4) is 0 Å². The second-order valence-electron chi connectivity index (χ2n) is 2.62. The van der Waals surface area contributed by atoms with Gasteiger partial charge in [-0.05, 0) is 19.9 Å². The first-order valence-electron chi connectivity index (χ1n) is 4.65. The van der Waals surface area contributed by atoms with Gasteiger partial charge in [0.05, 0.1) is 7.11 Å². The van der Waals surface area contributed by atoms with E-state index < -0.39 is 0 Å². The molecule has 0 fully saturated rings. The van der Waals surface area contributed by atoms with Crippen molar-refractivity contribution < 1.29 is 14.3 Å². The summed E-state index contributed by atoms with van der Waals surface area (Å²) in [5.41, 5.74) is 0. The van der Waals surface area contributed by atoms with Crippen LogP contribution in [0.25, 0.3) is 0 Å². The molecule has 0 rings (SSSR count). The molecule has 1 atom stereocenters. The molecule has 0 spiro atoms. The van der Waals surface area contributed by atoms with Gasteiger partial charge in [-0.25, -0.2) is 0 Å². The first-order chi connectivity index (χ1) is 6.26. The van der Waals surface area contributed by atoms with Gasteiger partial charge in [-0.3, -0.25) is 4.79 Å². The highest BCUT2D eigenvalue weighted by Gasteiger charge is 2.16. The molecule has 0 bridgehead atoms. The van der Waals surface area contributed by atoms with Crippen LogP contribution in [0.2, 0.25) is 0 Å². The van der Waals surface area contributed by atoms with Crippen molar-refractivity contribution in [1.82, 2.24) is 5.32 Å². The van der Waals surface area contributed by atoms with Crippen LogP contribution in [-0.2, 0) is 14.3 Å². The Morgan fingerprint density at radius 1 is 1.46 bits per heavy atom. The maximum absolute atomic E-state index is 11.2. The van der Waals surface area contributed by atoms with Crippen LogP contribution < -0.4 is 5.32 Å². The molecule has 4 nitrogen and oxygen atoms in total. The highest BCUT2D eigenvalue weighted by Crippen LogP contribution is 1.95. The Kier molecular flexibility index (Phi) is 7.63. The Bertz CT molecular complexity index is 139. The molecule has 78 valence electrons. The van der Waals surface area contributed by atoms with Gasteiger partial charge < -0.3 is 14.8 Å². The summed E-state index contributed by atoms with van der Waals surface area (Å²) in [7, 11) is 1.40. The number of hydrogen-bond acceptors (Lipinski definition) is 4. The number of ether oxygens (including phenoxy) is 2. The zero-order valence-corrected chi connectivity index (χ0v) is 8.63. The number of nitrogens with one attached hydrogen (secondary N) is 1. The fraction of sp³-hybridized carbons (Fsp3) is 0.889. The molecule has 0 amide bonds. The number of methoxy groups -OCH3 is 1. The molecule has 1 unspecified atom stereocenters. The van der Waals surface area contributed by atoms with Crippen LogP contribution in [0.1, 0.15) is 20.3 Å². The summed E-state index contributed by atoms with van der Waals surface area (Å²) in [4.78, 5) is 11.2. The van der Waals surface area contributed by atoms with Crippen LogP contribution in [0.15, 0.2) is 0 Å². The zero-order valence-electron chi connectivity index (χ0n) is 8.63. The summed E-state index contributed by atoms with van der Waals surface area (Å²) < 4.78 is 9.80. The molecule has 13 heavy (non-hydrogen) atoms. The molecule has 0 saturated carbocycles. The summed E-state index contributed by atoms with van der Waals surface area (Å²) in [5.74, 6) is -0.221. The topological polar surface area (TPSA) is 47.6 Å². The van der Waals surface area contributed by atoms with Crippen molar-refractivity contribution >= 4 is 5.97 Å². The number of esters is 1. The summed E-state index contributed by atoms with van der Waals surface area (Å²) in [6.45, 7) is 5.91. The van der Waals surface area contributed by atoms with Gasteiger partial charge in [0.2, 0.25) is 0 Å². The molecule has 1 N–H and O–H groups in total. The number of likely N-dealkylation sites (N-methyl/N-ethyl adjacent to an activating group) is 1. The van der Waals surface area contributed by atoms with E-state index in [-0.39, 0.29) is 12.0 Å². The van der Waals surface area contributed by atoms with Crippen LogP contribution in [-0.4, -0.2) is 38.9 Å². The quantitative estimate of drug-likeness (QED) is 0.469. The second kappa shape index (κ2) is 8.01. The minimum atomic E-state index is -0.235. The predicted molar refractivity (Wildman–Crippen MR) is 50.6 cm³/mol. The van der Waals surface area contributed by atoms with Crippen LogP contribution in [0.5, 0.6) is 0 Å². The maximum Gasteiger partial charge on any atom is 0.322 e. The van der Waals surface area contributed by atoms with E-state index in [4.69, 9.17) is 4.74 Å². The van der Waals surface area contributed by atoms with E-state index in [1.54, 1.807) is 0 Å². The Morgan fingerprint density at radius 2 is 2.15 bits per heavy atom. The van der Waals surface area contributed by atoms with Gasteiger partial charge in [0.25, 0.3) is 0 Å². The Balaban J connectivity index is 3.73. The third kappa shape index (κ3) is 5.60. The van der Waals surface area contributed by atoms with Crippen LogP contribution in [0.3, 0.4) is 0 Å². The number of carbonyl (C=O) groups is 1. The van der Waals surface area contributed by atoms with E-state index in [1.807, 2.05) is 13.8 Å². The first-order valence-corrected chi connectivity index (χ1v) is 4.65. The molecule has 0 aromatic rings. The lowest BCUT2D eigenvalue weighted by molar-refractivity contribution is -0.143. The molecular weight excluding hydrogens is 170 g/mol. The lowest BCUT2D eigenvalue weighted by atomic mass is 10.2. The maximum atomic E-state index is 11.2. The second-order valence-corrected chi connectivity index (χ2v) is 2.62. The zero-order chi connectivity index (χ0) is 10.1. The van der Waals surface area contributed by atoms with E-state index >= 15 is 0 Å². The van der Waals surface area contributed by atoms with Gasteiger partial charge in [-0.1, -0.05) is 6.92 Å². The van der Waals surface area contributed by atoms with Crippen molar-refractivity contribution in [3.05, 3.63) is 0 Å². The summed E-state index contributed by atoms with van der Waals surface area (Å²) in [6.07, 6.45) is 0.661. The van der Waals surface area contributed by atoms with Crippen molar-refractivity contribution in [3.63, 3.8) is 0 Å². The largest absolute Gasteiger partial charge is 0.468 e. The normalized spacial score (nSPS) is 12.5. The average Bonchev–Trinajstić information content (AvgIpc) is 2.16. The first kappa shape index (κ1) is 12.4.